The summed E-state index contributed by atoms with van der Waals surface area (Å²) in [6, 6.07) is 7.67. The van der Waals surface area contributed by atoms with E-state index in [0.29, 0.717) is 10.9 Å². The first-order valence-electron chi connectivity index (χ1n) is 6.96. The van der Waals surface area contributed by atoms with E-state index in [1.54, 1.807) is 26.2 Å². The average Bonchev–Trinajstić information content (AvgIpc) is 2.47. The number of sulfonamides is 1. The molecule has 1 atom stereocenters. The normalized spacial score (nSPS) is 20.4. The Kier molecular flexibility index (Phi) is 4.67. The SMILES string of the molecule is CCC1CNCCN1c1ccc(S(=O)(=O)N(C)C)cc1. The Morgan fingerprint density at radius 3 is 2.50 bits per heavy atom. The van der Waals surface area contributed by atoms with Gasteiger partial charge in [0.05, 0.1) is 4.90 Å². The van der Waals surface area contributed by atoms with Gasteiger partial charge in [0, 0.05) is 45.5 Å². The highest BCUT2D eigenvalue weighted by atomic mass is 32.2. The lowest BCUT2D eigenvalue weighted by atomic mass is 10.1. The summed E-state index contributed by atoms with van der Waals surface area (Å²) in [6.45, 7) is 5.08. The van der Waals surface area contributed by atoms with Gasteiger partial charge in [-0.15, -0.1) is 0 Å². The zero-order valence-electron chi connectivity index (χ0n) is 12.3. The predicted molar refractivity (Wildman–Crippen MR) is 81.6 cm³/mol. The Balaban J connectivity index is 2.24. The molecule has 0 spiro atoms. The van der Waals surface area contributed by atoms with Crippen molar-refractivity contribution in [2.45, 2.75) is 24.3 Å². The first-order chi connectivity index (χ1) is 9.46. The van der Waals surface area contributed by atoms with Crippen LogP contribution in [0.5, 0.6) is 0 Å². The van der Waals surface area contributed by atoms with Crippen LogP contribution in [0.15, 0.2) is 29.2 Å². The molecule has 2 rings (SSSR count). The van der Waals surface area contributed by atoms with Gasteiger partial charge < -0.3 is 10.2 Å². The van der Waals surface area contributed by atoms with Crippen LogP contribution in [-0.2, 0) is 10.0 Å². The molecule has 0 aliphatic carbocycles. The van der Waals surface area contributed by atoms with Gasteiger partial charge in [-0.05, 0) is 30.7 Å². The summed E-state index contributed by atoms with van der Waals surface area (Å²) in [5.74, 6) is 0. The number of nitrogens with zero attached hydrogens (tertiary/aromatic N) is 2. The fourth-order valence-electron chi connectivity index (χ4n) is 2.49. The highest BCUT2D eigenvalue weighted by molar-refractivity contribution is 7.89. The van der Waals surface area contributed by atoms with Crippen molar-refractivity contribution in [3.63, 3.8) is 0 Å². The van der Waals surface area contributed by atoms with E-state index in [4.69, 9.17) is 0 Å². The van der Waals surface area contributed by atoms with Crippen LogP contribution >= 0.6 is 0 Å². The minimum atomic E-state index is -3.34. The quantitative estimate of drug-likeness (QED) is 0.905. The maximum Gasteiger partial charge on any atom is 0.242 e. The summed E-state index contributed by atoms with van der Waals surface area (Å²) in [5, 5.41) is 3.39. The monoisotopic (exact) mass is 297 g/mol. The maximum absolute atomic E-state index is 12.0. The lowest BCUT2D eigenvalue weighted by molar-refractivity contribution is 0.466. The number of hydrogen-bond acceptors (Lipinski definition) is 4. The van der Waals surface area contributed by atoms with E-state index >= 15 is 0 Å². The Morgan fingerprint density at radius 1 is 1.30 bits per heavy atom. The summed E-state index contributed by atoms with van der Waals surface area (Å²) >= 11 is 0. The molecule has 1 unspecified atom stereocenters. The van der Waals surface area contributed by atoms with E-state index in [9.17, 15) is 8.42 Å². The fraction of sp³-hybridized carbons (Fsp3) is 0.571. The number of piperazine rings is 1. The van der Waals surface area contributed by atoms with E-state index in [-0.39, 0.29) is 0 Å². The Labute approximate surface area is 121 Å². The summed E-state index contributed by atoms with van der Waals surface area (Å²) < 4.78 is 25.3. The third-order valence-corrected chi connectivity index (χ3v) is 5.60. The lowest BCUT2D eigenvalue weighted by Gasteiger charge is -2.37. The third kappa shape index (κ3) is 2.97. The van der Waals surface area contributed by atoms with Crippen molar-refractivity contribution in [2.24, 2.45) is 0 Å². The summed E-state index contributed by atoms with van der Waals surface area (Å²) in [7, 11) is -0.244. The molecule has 0 bridgehead atoms. The first-order valence-corrected chi connectivity index (χ1v) is 8.40. The number of anilines is 1. The maximum atomic E-state index is 12.0. The second-order valence-corrected chi connectivity index (χ2v) is 7.39. The summed E-state index contributed by atoms with van der Waals surface area (Å²) in [6.07, 6.45) is 1.07. The van der Waals surface area contributed by atoms with Crippen LogP contribution in [0, 0.1) is 0 Å². The largest absolute Gasteiger partial charge is 0.366 e. The first kappa shape index (κ1) is 15.3. The molecule has 1 aromatic rings. The standard InChI is InChI=1S/C14H23N3O2S/c1-4-12-11-15-9-10-17(12)13-5-7-14(8-6-13)20(18,19)16(2)3/h5-8,12,15H,4,9-11H2,1-3H3. The van der Waals surface area contributed by atoms with Crippen LogP contribution in [0.2, 0.25) is 0 Å². The molecule has 0 radical (unpaired) electrons. The van der Waals surface area contributed by atoms with E-state index in [1.165, 1.54) is 4.31 Å². The molecule has 0 aromatic heterocycles. The number of nitrogens with one attached hydrogen (secondary N) is 1. The molecule has 1 heterocycles. The van der Waals surface area contributed by atoms with E-state index in [1.807, 2.05) is 12.1 Å². The molecule has 20 heavy (non-hydrogen) atoms. The molecular weight excluding hydrogens is 274 g/mol. The van der Waals surface area contributed by atoms with Gasteiger partial charge in [-0.2, -0.15) is 0 Å². The molecule has 1 aromatic carbocycles. The lowest BCUT2D eigenvalue weighted by Crippen LogP contribution is -2.51. The van der Waals surface area contributed by atoms with Crippen molar-refractivity contribution in [2.75, 3.05) is 38.6 Å². The number of hydrogen-bond donors (Lipinski definition) is 1. The van der Waals surface area contributed by atoms with Crippen molar-refractivity contribution in [3.8, 4) is 0 Å². The fourth-order valence-corrected chi connectivity index (χ4v) is 3.39. The Hall–Kier alpha value is -1.11. The van der Waals surface area contributed by atoms with Gasteiger partial charge in [0.1, 0.15) is 0 Å². The van der Waals surface area contributed by atoms with Crippen molar-refractivity contribution in [1.29, 1.82) is 0 Å². The highest BCUT2D eigenvalue weighted by Gasteiger charge is 2.22. The molecule has 1 aliphatic heterocycles. The third-order valence-electron chi connectivity index (χ3n) is 3.77. The highest BCUT2D eigenvalue weighted by Crippen LogP contribution is 2.23. The topological polar surface area (TPSA) is 52.7 Å². The molecule has 5 nitrogen and oxygen atoms in total. The van der Waals surface area contributed by atoms with E-state index < -0.39 is 10.0 Å². The van der Waals surface area contributed by atoms with E-state index in [0.717, 1.165) is 31.7 Å². The van der Waals surface area contributed by atoms with Crippen LogP contribution < -0.4 is 10.2 Å². The second kappa shape index (κ2) is 6.11. The van der Waals surface area contributed by atoms with Crippen molar-refractivity contribution in [1.82, 2.24) is 9.62 Å². The van der Waals surface area contributed by atoms with Gasteiger partial charge in [-0.25, -0.2) is 12.7 Å². The Morgan fingerprint density at radius 2 is 1.95 bits per heavy atom. The molecule has 112 valence electrons. The zero-order chi connectivity index (χ0) is 14.8. The van der Waals surface area contributed by atoms with Gasteiger partial charge in [0.25, 0.3) is 0 Å². The van der Waals surface area contributed by atoms with Crippen molar-refractivity contribution in [3.05, 3.63) is 24.3 Å². The number of rotatable bonds is 4. The summed E-state index contributed by atoms with van der Waals surface area (Å²) in [4.78, 5) is 2.69. The Bertz CT molecular complexity index is 540. The molecule has 6 heteroatoms. The zero-order valence-corrected chi connectivity index (χ0v) is 13.2. The second-order valence-electron chi connectivity index (χ2n) is 5.24. The molecule has 1 fully saturated rings. The smallest absolute Gasteiger partial charge is 0.242 e. The molecule has 0 amide bonds. The minimum Gasteiger partial charge on any atom is -0.366 e. The van der Waals surface area contributed by atoms with Gasteiger partial charge >= 0.3 is 0 Å². The van der Waals surface area contributed by atoms with Crippen LogP contribution in [0.3, 0.4) is 0 Å². The minimum absolute atomic E-state index is 0.342. The van der Waals surface area contributed by atoms with Crippen molar-refractivity contribution >= 4 is 15.7 Å². The molecule has 1 N–H and O–H groups in total. The van der Waals surface area contributed by atoms with Crippen molar-refractivity contribution < 1.29 is 8.42 Å². The summed E-state index contributed by atoms with van der Waals surface area (Å²) in [5.41, 5.74) is 1.09. The van der Waals surface area contributed by atoms with Gasteiger partial charge in [-0.3, -0.25) is 0 Å². The van der Waals surface area contributed by atoms with Crippen LogP contribution in [-0.4, -0.2) is 52.5 Å². The predicted octanol–water partition coefficient (Wildman–Crippen LogP) is 1.13. The van der Waals surface area contributed by atoms with Gasteiger partial charge in [0.15, 0.2) is 0 Å². The van der Waals surface area contributed by atoms with Crippen LogP contribution in [0.25, 0.3) is 0 Å². The molecule has 1 aliphatic rings. The van der Waals surface area contributed by atoms with Crippen LogP contribution in [0.1, 0.15) is 13.3 Å². The molecular formula is C14H23N3O2S. The van der Waals surface area contributed by atoms with E-state index in [2.05, 4.69) is 17.1 Å². The molecule has 1 saturated heterocycles. The van der Waals surface area contributed by atoms with Crippen LogP contribution in [0.4, 0.5) is 5.69 Å². The van der Waals surface area contributed by atoms with Gasteiger partial charge in [0.2, 0.25) is 10.0 Å². The molecule has 0 saturated carbocycles. The van der Waals surface area contributed by atoms with Gasteiger partial charge in [-0.1, -0.05) is 6.92 Å². The number of benzene rings is 1. The average molecular weight is 297 g/mol.